The Labute approximate surface area is 110 Å². The standard InChI is InChI=1S/C13H26N4O/c1-13(2,3)15-9-7-5-6-8-10-18-12-14-11-17(4)16-12/h11,15H,5-10H2,1-4H3. The molecule has 5 nitrogen and oxygen atoms in total. The first-order chi connectivity index (χ1) is 8.47. The molecule has 1 aromatic rings. The molecule has 0 aromatic carbocycles. The molecule has 0 radical (unpaired) electrons. The van der Waals surface area contributed by atoms with Crippen LogP contribution in [0.1, 0.15) is 46.5 Å². The van der Waals surface area contributed by atoms with Gasteiger partial charge in [0.15, 0.2) is 0 Å². The SMILES string of the molecule is Cn1cnc(OCCCCCCNC(C)(C)C)n1. The molecule has 104 valence electrons. The van der Waals surface area contributed by atoms with Crippen molar-refractivity contribution >= 4 is 0 Å². The molecule has 0 aliphatic heterocycles. The molecular formula is C13H26N4O. The van der Waals surface area contributed by atoms with E-state index in [0.717, 1.165) is 13.0 Å². The zero-order valence-corrected chi connectivity index (χ0v) is 12.1. The Balaban J connectivity index is 1.90. The summed E-state index contributed by atoms with van der Waals surface area (Å²) in [4.78, 5) is 4.01. The summed E-state index contributed by atoms with van der Waals surface area (Å²) in [6.07, 6.45) is 6.36. The first kappa shape index (κ1) is 15.0. The van der Waals surface area contributed by atoms with Crippen molar-refractivity contribution in [3.8, 4) is 6.01 Å². The summed E-state index contributed by atoms with van der Waals surface area (Å²) < 4.78 is 7.08. The third-order valence-electron chi connectivity index (χ3n) is 2.54. The van der Waals surface area contributed by atoms with E-state index in [-0.39, 0.29) is 5.54 Å². The van der Waals surface area contributed by atoms with Gasteiger partial charge in [0.05, 0.1) is 6.61 Å². The van der Waals surface area contributed by atoms with Crippen molar-refractivity contribution in [3.63, 3.8) is 0 Å². The van der Waals surface area contributed by atoms with E-state index in [9.17, 15) is 0 Å². The molecule has 18 heavy (non-hydrogen) atoms. The van der Waals surface area contributed by atoms with Crippen LogP contribution in [0.4, 0.5) is 0 Å². The Hall–Kier alpha value is -1.10. The van der Waals surface area contributed by atoms with Gasteiger partial charge in [-0.25, -0.2) is 0 Å². The minimum Gasteiger partial charge on any atom is -0.462 e. The fraction of sp³-hybridized carbons (Fsp3) is 0.846. The summed E-state index contributed by atoms with van der Waals surface area (Å²) in [7, 11) is 1.84. The minimum absolute atomic E-state index is 0.230. The Morgan fingerprint density at radius 3 is 2.56 bits per heavy atom. The zero-order chi connectivity index (χ0) is 13.4. The van der Waals surface area contributed by atoms with Gasteiger partial charge in [0.25, 0.3) is 0 Å². The number of hydrogen-bond donors (Lipinski definition) is 1. The van der Waals surface area contributed by atoms with Crippen molar-refractivity contribution in [1.82, 2.24) is 20.1 Å². The van der Waals surface area contributed by atoms with Gasteiger partial charge in [-0.15, -0.1) is 5.10 Å². The van der Waals surface area contributed by atoms with Crippen LogP contribution in [0, 0.1) is 0 Å². The molecule has 0 aliphatic rings. The van der Waals surface area contributed by atoms with E-state index in [1.807, 2.05) is 7.05 Å². The maximum absolute atomic E-state index is 5.43. The maximum atomic E-state index is 5.43. The largest absolute Gasteiger partial charge is 0.462 e. The van der Waals surface area contributed by atoms with Crippen molar-refractivity contribution < 1.29 is 4.74 Å². The van der Waals surface area contributed by atoms with E-state index in [1.54, 1.807) is 11.0 Å². The average Bonchev–Trinajstić information content (AvgIpc) is 2.67. The second-order valence-corrected chi connectivity index (χ2v) is 5.64. The predicted octanol–water partition coefficient (Wildman–Crippen LogP) is 2.14. The number of aryl methyl sites for hydroxylation is 1. The number of rotatable bonds is 8. The van der Waals surface area contributed by atoms with E-state index < -0.39 is 0 Å². The Morgan fingerprint density at radius 1 is 1.22 bits per heavy atom. The summed E-state index contributed by atoms with van der Waals surface area (Å²) in [6.45, 7) is 8.38. The van der Waals surface area contributed by atoms with Gasteiger partial charge >= 0.3 is 6.01 Å². The molecule has 0 amide bonds. The van der Waals surface area contributed by atoms with Crippen molar-refractivity contribution in [2.45, 2.75) is 52.0 Å². The van der Waals surface area contributed by atoms with Crippen LogP contribution in [0.15, 0.2) is 6.33 Å². The number of nitrogens with one attached hydrogen (secondary N) is 1. The van der Waals surface area contributed by atoms with Crippen molar-refractivity contribution in [2.24, 2.45) is 7.05 Å². The average molecular weight is 254 g/mol. The lowest BCUT2D eigenvalue weighted by Gasteiger charge is -2.20. The molecule has 0 atom stereocenters. The molecule has 1 N–H and O–H groups in total. The summed E-state index contributed by atoms with van der Waals surface area (Å²) in [6, 6.07) is 0.479. The first-order valence-electron chi connectivity index (χ1n) is 6.71. The molecular weight excluding hydrogens is 228 g/mol. The summed E-state index contributed by atoms with van der Waals surface area (Å²) in [5, 5.41) is 7.55. The fourth-order valence-corrected chi connectivity index (χ4v) is 1.59. The van der Waals surface area contributed by atoms with Crippen LogP contribution in [0.25, 0.3) is 0 Å². The molecule has 0 bridgehead atoms. The van der Waals surface area contributed by atoms with Crippen LogP contribution in [0.5, 0.6) is 6.01 Å². The number of hydrogen-bond acceptors (Lipinski definition) is 4. The third kappa shape index (κ3) is 7.27. The number of unbranched alkanes of at least 4 members (excludes halogenated alkanes) is 3. The van der Waals surface area contributed by atoms with Crippen LogP contribution in [-0.2, 0) is 7.05 Å². The van der Waals surface area contributed by atoms with Crippen LogP contribution < -0.4 is 10.1 Å². The molecule has 0 spiro atoms. The first-order valence-corrected chi connectivity index (χ1v) is 6.71. The highest BCUT2D eigenvalue weighted by molar-refractivity contribution is 4.86. The normalized spacial score (nSPS) is 11.8. The van der Waals surface area contributed by atoms with Gasteiger partial charge in [-0.3, -0.25) is 4.68 Å². The quantitative estimate of drug-likeness (QED) is 0.722. The molecule has 0 aliphatic carbocycles. The second kappa shape index (κ2) is 7.36. The topological polar surface area (TPSA) is 52.0 Å². The van der Waals surface area contributed by atoms with E-state index in [0.29, 0.717) is 12.6 Å². The highest BCUT2D eigenvalue weighted by Gasteiger charge is 2.06. The van der Waals surface area contributed by atoms with Crippen molar-refractivity contribution in [2.75, 3.05) is 13.2 Å². The number of ether oxygens (including phenoxy) is 1. The lowest BCUT2D eigenvalue weighted by molar-refractivity contribution is 0.280. The van der Waals surface area contributed by atoms with Gasteiger partial charge in [0, 0.05) is 12.6 Å². The second-order valence-electron chi connectivity index (χ2n) is 5.64. The molecule has 0 unspecified atom stereocenters. The fourth-order valence-electron chi connectivity index (χ4n) is 1.59. The lowest BCUT2D eigenvalue weighted by Crippen LogP contribution is -2.36. The van der Waals surface area contributed by atoms with E-state index in [4.69, 9.17) is 4.74 Å². The van der Waals surface area contributed by atoms with Gasteiger partial charge in [0.1, 0.15) is 6.33 Å². The van der Waals surface area contributed by atoms with E-state index >= 15 is 0 Å². The maximum Gasteiger partial charge on any atom is 0.335 e. The zero-order valence-electron chi connectivity index (χ0n) is 12.1. The molecule has 0 saturated heterocycles. The Bertz CT molecular complexity index is 330. The number of nitrogens with zero attached hydrogens (tertiary/aromatic N) is 3. The number of aromatic nitrogens is 3. The van der Waals surface area contributed by atoms with Gasteiger partial charge in [-0.05, 0) is 40.2 Å². The van der Waals surface area contributed by atoms with Crippen LogP contribution >= 0.6 is 0 Å². The van der Waals surface area contributed by atoms with Gasteiger partial charge in [0.2, 0.25) is 0 Å². The van der Waals surface area contributed by atoms with E-state index in [2.05, 4.69) is 36.2 Å². The van der Waals surface area contributed by atoms with Crippen LogP contribution in [0.2, 0.25) is 0 Å². The van der Waals surface area contributed by atoms with Gasteiger partial charge in [-0.2, -0.15) is 4.98 Å². The third-order valence-corrected chi connectivity index (χ3v) is 2.54. The highest BCUT2D eigenvalue weighted by Crippen LogP contribution is 2.04. The summed E-state index contributed by atoms with van der Waals surface area (Å²) in [5.41, 5.74) is 0.230. The van der Waals surface area contributed by atoms with Gasteiger partial charge in [-0.1, -0.05) is 12.8 Å². The monoisotopic (exact) mass is 254 g/mol. The smallest absolute Gasteiger partial charge is 0.335 e. The summed E-state index contributed by atoms with van der Waals surface area (Å²) >= 11 is 0. The van der Waals surface area contributed by atoms with Crippen molar-refractivity contribution in [1.29, 1.82) is 0 Å². The van der Waals surface area contributed by atoms with Crippen molar-refractivity contribution in [3.05, 3.63) is 6.33 Å². The van der Waals surface area contributed by atoms with Crippen LogP contribution in [-0.4, -0.2) is 33.5 Å². The molecule has 1 heterocycles. The molecule has 0 fully saturated rings. The Kier molecular flexibility index (Phi) is 6.12. The van der Waals surface area contributed by atoms with E-state index in [1.165, 1.54) is 19.3 Å². The predicted molar refractivity (Wildman–Crippen MR) is 72.7 cm³/mol. The molecule has 1 rings (SSSR count). The van der Waals surface area contributed by atoms with Crippen LogP contribution in [0.3, 0.4) is 0 Å². The highest BCUT2D eigenvalue weighted by atomic mass is 16.5. The molecule has 0 saturated carbocycles. The lowest BCUT2D eigenvalue weighted by atomic mass is 10.1. The van der Waals surface area contributed by atoms with Gasteiger partial charge < -0.3 is 10.1 Å². The molecule has 1 aromatic heterocycles. The summed E-state index contributed by atoms with van der Waals surface area (Å²) in [5.74, 6) is 0. The Morgan fingerprint density at radius 2 is 1.94 bits per heavy atom. The molecule has 5 heteroatoms. The minimum atomic E-state index is 0.230.